The number of benzene rings is 1. The fourth-order valence-electron chi connectivity index (χ4n) is 3.46. The summed E-state index contributed by atoms with van der Waals surface area (Å²) in [5.41, 5.74) is 6.47. The highest BCUT2D eigenvalue weighted by Gasteiger charge is 2.17. The van der Waals surface area contributed by atoms with E-state index in [1.807, 2.05) is 24.3 Å². The average Bonchev–Trinajstić information content (AvgIpc) is 3.32. The van der Waals surface area contributed by atoms with Crippen LogP contribution in [0.2, 0.25) is 0 Å². The van der Waals surface area contributed by atoms with Crippen molar-refractivity contribution in [3.05, 3.63) is 29.8 Å². The van der Waals surface area contributed by atoms with E-state index >= 15 is 0 Å². The first-order valence-corrected chi connectivity index (χ1v) is 11.3. The summed E-state index contributed by atoms with van der Waals surface area (Å²) in [5.74, 6) is 2.43. The normalized spacial score (nSPS) is 13.8. The maximum atomic E-state index is 5.55. The molecule has 0 amide bonds. The molecule has 176 valence electrons. The van der Waals surface area contributed by atoms with Crippen molar-refractivity contribution in [2.45, 2.75) is 38.3 Å². The Morgan fingerprint density at radius 2 is 1.66 bits per heavy atom. The van der Waals surface area contributed by atoms with Crippen molar-refractivity contribution in [3.63, 3.8) is 0 Å². The van der Waals surface area contributed by atoms with E-state index in [0.717, 1.165) is 24.2 Å². The number of hydrogen-bond acceptors (Lipinski definition) is 10. The maximum Gasteiger partial charge on any atom is 0.229 e. The molecule has 1 aliphatic carbocycles. The molecule has 1 aromatic heterocycles. The molecule has 0 atom stereocenters. The van der Waals surface area contributed by atoms with Gasteiger partial charge in [0.05, 0.1) is 33.5 Å². The van der Waals surface area contributed by atoms with E-state index in [0.29, 0.717) is 69.9 Å². The van der Waals surface area contributed by atoms with Crippen molar-refractivity contribution in [2.75, 3.05) is 62.6 Å². The highest BCUT2D eigenvalue weighted by Crippen LogP contribution is 2.22. The minimum Gasteiger partial charge on any atom is -0.497 e. The second kappa shape index (κ2) is 13.7. The number of aromatic nitrogens is 3. The zero-order valence-electron chi connectivity index (χ0n) is 18.8. The van der Waals surface area contributed by atoms with Crippen LogP contribution in [0.1, 0.15) is 31.2 Å². The molecular formula is C22H35N7O3. The molecule has 0 bridgehead atoms. The van der Waals surface area contributed by atoms with Crippen LogP contribution < -0.4 is 26.4 Å². The summed E-state index contributed by atoms with van der Waals surface area (Å²) < 4.78 is 16.1. The Morgan fingerprint density at radius 3 is 2.41 bits per heavy atom. The second-order valence-corrected chi connectivity index (χ2v) is 7.58. The summed E-state index contributed by atoms with van der Waals surface area (Å²) in [5, 5.41) is 9.96. The quantitative estimate of drug-likeness (QED) is 0.303. The molecule has 0 radical (unpaired) electrons. The molecule has 0 unspecified atom stereocenters. The lowest BCUT2D eigenvalue weighted by Gasteiger charge is -2.15. The lowest BCUT2D eigenvalue weighted by atomic mass is 10.2. The van der Waals surface area contributed by atoms with Gasteiger partial charge in [0.1, 0.15) is 5.75 Å². The fraction of sp³-hybridized carbons (Fsp3) is 0.591. The molecule has 10 heteroatoms. The monoisotopic (exact) mass is 445 g/mol. The van der Waals surface area contributed by atoms with E-state index in [4.69, 9.17) is 19.9 Å². The van der Waals surface area contributed by atoms with Crippen LogP contribution in [0.5, 0.6) is 5.75 Å². The molecule has 1 fully saturated rings. The van der Waals surface area contributed by atoms with Gasteiger partial charge in [0.25, 0.3) is 0 Å². The Labute approximate surface area is 189 Å². The fourth-order valence-corrected chi connectivity index (χ4v) is 3.46. The van der Waals surface area contributed by atoms with Crippen molar-refractivity contribution in [3.8, 4) is 5.75 Å². The lowest BCUT2D eigenvalue weighted by Crippen LogP contribution is -2.20. The summed E-state index contributed by atoms with van der Waals surface area (Å²) in [6, 6.07) is 8.31. The number of rotatable bonds is 15. The molecule has 1 aliphatic rings. The molecule has 2 aromatic rings. The third-order valence-electron chi connectivity index (χ3n) is 5.07. The van der Waals surface area contributed by atoms with Crippen molar-refractivity contribution in [1.29, 1.82) is 0 Å². The van der Waals surface area contributed by atoms with Crippen molar-refractivity contribution in [2.24, 2.45) is 5.73 Å². The number of nitrogens with one attached hydrogen (secondary N) is 3. The predicted molar refractivity (Wildman–Crippen MR) is 125 cm³/mol. The lowest BCUT2D eigenvalue weighted by molar-refractivity contribution is 0.0547. The Morgan fingerprint density at radius 1 is 0.938 bits per heavy atom. The van der Waals surface area contributed by atoms with Crippen molar-refractivity contribution >= 4 is 17.8 Å². The summed E-state index contributed by atoms with van der Waals surface area (Å²) in [6.45, 7) is 3.82. The minimum absolute atomic E-state index is 0.410. The standard InChI is InChI=1S/C22H35N7O3/c1-30-19-8-4-5-17(15-19)16-25-21-27-20(24-10-12-32-14-13-31-11-9-23)28-22(29-21)26-18-6-2-3-7-18/h4-5,8,15,18H,2-3,6-7,9-14,16,23H2,1H3,(H3,24,25,26,27,28,29). The molecule has 10 nitrogen and oxygen atoms in total. The Kier molecular flexibility index (Phi) is 10.2. The zero-order valence-corrected chi connectivity index (χ0v) is 18.8. The molecule has 5 N–H and O–H groups in total. The van der Waals surface area contributed by atoms with E-state index in [-0.39, 0.29) is 0 Å². The predicted octanol–water partition coefficient (Wildman–Crippen LogP) is 2.25. The third kappa shape index (κ3) is 8.45. The van der Waals surface area contributed by atoms with Gasteiger partial charge in [-0.05, 0) is 30.5 Å². The maximum absolute atomic E-state index is 5.55. The number of nitrogens with two attached hydrogens (primary N) is 1. The van der Waals surface area contributed by atoms with Gasteiger partial charge in [-0.3, -0.25) is 0 Å². The van der Waals surface area contributed by atoms with Crippen LogP contribution in [0.4, 0.5) is 17.8 Å². The molecule has 0 saturated heterocycles. The summed E-state index contributed by atoms with van der Waals surface area (Å²) >= 11 is 0. The first-order valence-electron chi connectivity index (χ1n) is 11.3. The van der Waals surface area contributed by atoms with E-state index in [1.165, 1.54) is 12.8 Å². The van der Waals surface area contributed by atoms with Gasteiger partial charge in [-0.25, -0.2) is 0 Å². The first kappa shape index (κ1) is 24.0. The van der Waals surface area contributed by atoms with E-state index < -0.39 is 0 Å². The smallest absolute Gasteiger partial charge is 0.229 e. The Hall–Kier alpha value is -2.69. The molecule has 0 aliphatic heterocycles. The van der Waals surface area contributed by atoms with Crippen LogP contribution in [-0.2, 0) is 16.0 Å². The summed E-state index contributed by atoms with van der Waals surface area (Å²) in [4.78, 5) is 13.6. The number of nitrogens with zero attached hydrogens (tertiary/aromatic N) is 3. The topological polar surface area (TPSA) is 128 Å². The zero-order chi connectivity index (χ0) is 22.4. The highest BCUT2D eigenvalue weighted by molar-refractivity contribution is 5.43. The van der Waals surface area contributed by atoms with Crippen LogP contribution >= 0.6 is 0 Å². The van der Waals surface area contributed by atoms with Crippen LogP contribution in [0.25, 0.3) is 0 Å². The van der Waals surface area contributed by atoms with Gasteiger partial charge >= 0.3 is 0 Å². The second-order valence-electron chi connectivity index (χ2n) is 7.58. The van der Waals surface area contributed by atoms with Crippen LogP contribution in [0.3, 0.4) is 0 Å². The third-order valence-corrected chi connectivity index (χ3v) is 5.07. The Bertz CT molecular complexity index is 803. The molecule has 1 heterocycles. The summed E-state index contributed by atoms with van der Waals surface area (Å²) in [7, 11) is 1.66. The molecule has 1 saturated carbocycles. The van der Waals surface area contributed by atoms with E-state index in [1.54, 1.807) is 7.11 Å². The van der Waals surface area contributed by atoms with Gasteiger partial charge in [0.2, 0.25) is 17.8 Å². The Balaban J connectivity index is 1.55. The number of anilines is 3. The number of ether oxygens (including phenoxy) is 3. The highest BCUT2D eigenvalue weighted by atomic mass is 16.5. The van der Waals surface area contributed by atoms with Crippen molar-refractivity contribution < 1.29 is 14.2 Å². The first-order chi connectivity index (χ1) is 15.8. The largest absolute Gasteiger partial charge is 0.497 e. The van der Waals surface area contributed by atoms with Gasteiger partial charge in [-0.1, -0.05) is 25.0 Å². The van der Waals surface area contributed by atoms with Gasteiger partial charge in [-0.2, -0.15) is 15.0 Å². The van der Waals surface area contributed by atoms with Gasteiger partial charge < -0.3 is 35.9 Å². The SMILES string of the molecule is COc1cccc(CNc2nc(NCCOCCOCCN)nc(NC3CCCC3)n2)c1. The van der Waals surface area contributed by atoms with E-state index in [2.05, 4.69) is 30.9 Å². The molecule has 3 rings (SSSR count). The molecule has 0 spiro atoms. The number of hydrogen-bond donors (Lipinski definition) is 4. The molecular weight excluding hydrogens is 410 g/mol. The van der Waals surface area contributed by atoms with Crippen LogP contribution in [-0.4, -0.2) is 67.6 Å². The molecule has 1 aromatic carbocycles. The van der Waals surface area contributed by atoms with Gasteiger partial charge in [0.15, 0.2) is 0 Å². The van der Waals surface area contributed by atoms with Crippen molar-refractivity contribution in [1.82, 2.24) is 15.0 Å². The van der Waals surface area contributed by atoms with Gasteiger partial charge in [-0.15, -0.1) is 0 Å². The molecule has 32 heavy (non-hydrogen) atoms. The summed E-state index contributed by atoms with van der Waals surface area (Å²) in [6.07, 6.45) is 4.75. The van der Waals surface area contributed by atoms with Crippen LogP contribution in [0.15, 0.2) is 24.3 Å². The average molecular weight is 446 g/mol. The van der Waals surface area contributed by atoms with E-state index in [9.17, 15) is 0 Å². The van der Waals surface area contributed by atoms with Crippen LogP contribution in [0, 0.1) is 0 Å². The number of methoxy groups -OCH3 is 1. The van der Waals surface area contributed by atoms with Gasteiger partial charge in [0, 0.05) is 25.7 Å². The minimum atomic E-state index is 0.410.